The number of sulfone groups is 1. The fraction of sp³-hybridized carbons (Fsp3) is 0.941. The quantitative estimate of drug-likeness (QED) is 0.802. The third kappa shape index (κ3) is 5.08. The van der Waals surface area contributed by atoms with Crippen molar-refractivity contribution in [1.29, 1.82) is 0 Å². The van der Waals surface area contributed by atoms with Gasteiger partial charge in [-0.15, -0.1) is 0 Å². The second-order valence-electron chi connectivity index (χ2n) is 7.72. The first-order chi connectivity index (χ1) is 11.9. The van der Waals surface area contributed by atoms with E-state index in [9.17, 15) is 13.2 Å². The summed E-state index contributed by atoms with van der Waals surface area (Å²) in [5.41, 5.74) is -0.259. The van der Waals surface area contributed by atoms with Gasteiger partial charge in [0, 0.05) is 39.1 Å². The van der Waals surface area contributed by atoms with Gasteiger partial charge in [-0.25, -0.2) is 13.2 Å². The summed E-state index contributed by atoms with van der Waals surface area (Å²) in [6.45, 7) is 5.22. The number of carbonyl (C=O) groups is 1. The molecule has 2 amide bonds. The number of hydrogen-bond donors (Lipinski definition) is 1. The van der Waals surface area contributed by atoms with Gasteiger partial charge in [-0.1, -0.05) is 0 Å². The highest BCUT2D eigenvalue weighted by Gasteiger charge is 2.42. The van der Waals surface area contributed by atoms with Crippen molar-refractivity contribution in [2.45, 2.75) is 50.7 Å². The minimum absolute atomic E-state index is 0.0288. The zero-order valence-corrected chi connectivity index (χ0v) is 15.9. The summed E-state index contributed by atoms with van der Waals surface area (Å²) in [5, 5.41) is 3.01. The van der Waals surface area contributed by atoms with Crippen molar-refractivity contribution in [3.8, 4) is 0 Å². The van der Waals surface area contributed by atoms with Crippen LogP contribution in [0.15, 0.2) is 0 Å². The predicted octanol–water partition coefficient (Wildman–Crippen LogP) is 1.18. The van der Waals surface area contributed by atoms with Crippen molar-refractivity contribution in [3.05, 3.63) is 0 Å². The molecule has 8 heteroatoms. The summed E-state index contributed by atoms with van der Waals surface area (Å²) < 4.78 is 34.5. The molecule has 0 saturated carbocycles. The maximum Gasteiger partial charge on any atom is 0.317 e. The van der Waals surface area contributed by atoms with Crippen molar-refractivity contribution >= 4 is 15.9 Å². The maximum atomic E-state index is 12.5. The molecule has 3 fully saturated rings. The zero-order valence-electron chi connectivity index (χ0n) is 15.0. The van der Waals surface area contributed by atoms with E-state index < -0.39 is 9.84 Å². The van der Waals surface area contributed by atoms with Crippen molar-refractivity contribution in [2.24, 2.45) is 5.92 Å². The van der Waals surface area contributed by atoms with E-state index in [1.165, 1.54) is 0 Å². The summed E-state index contributed by atoms with van der Waals surface area (Å²) in [5.74, 6) is 0.975. The van der Waals surface area contributed by atoms with Crippen molar-refractivity contribution in [3.63, 3.8) is 0 Å². The molecule has 7 nitrogen and oxygen atoms in total. The van der Waals surface area contributed by atoms with E-state index in [-0.39, 0.29) is 29.2 Å². The monoisotopic (exact) mass is 374 g/mol. The van der Waals surface area contributed by atoms with Crippen LogP contribution in [-0.2, 0) is 19.3 Å². The Morgan fingerprint density at radius 1 is 1.24 bits per heavy atom. The van der Waals surface area contributed by atoms with Crippen LogP contribution in [0.25, 0.3) is 0 Å². The summed E-state index contributed by atoms with van der Waals surface area (Å²) >= 11 is 0. The average Bonchev–Trinajstić information content (AvgIpc) is 2.56. The van der Waals surface area contributed by atoms with Crippen molar-refractivity contribution in [2.75, 3.05) is 44.4 Å². The van der Waals surface area contributed by atoms with Gasteiger partial charge in [0.1, 0.15) is 9.84 Å². The maximum absolute atomic E-state index is 12.5. The fourth-order valence-corrected chi connectivity index (χ4v) is 5.71. The smallest absolute Gasteiger partial charge is 0.317 e. The average molecular weight is 375 g/mol. The highest BCUT2D eigenvalue weighted by molar-refractivity contribution is 7.91. The molecule has 0 bridgehead atoms. The van der Waals surface area contributed by atoms with Crippen molar-refractivity contribution < 1.29 is 22.7 Å². The van der Waals surface area contributed by atoms with Crippen molar-refractivity contribution in [1.82, 2.24) is 10.2 Å². The Balaban J connectivity index is 1.44. The first kappa shape index (κ1) is 18.9. The van der Waals surface area contributed by atoms with E-state index in [2.05, 4.69) is 5.32 Å². The zero-order chi connectivity index (χ0) is 17.9. The molecule has 3 saturated heterocycles. The molecule has 0 radical (unpaired) electrons. The second kappa shape index (κ2) is 7.80. The number of nitrogens with one attached hydrogen (secondary N) is 1. The molecular weight excluding hydrogens is 344 g/mol. The van der Waals surface area contributed by atoms with Crippen LogP contribution >= 0.6 is 0 Å². The Labute approximate surface area is 150 Å². The number of nitrogens with zero attached hydrogens (tertiary/aromatic N) is 1. The topological polar surface area (TPSA) is 84.9 Å². The molecule has 3 aliphatic rings. The molecule has 0 aromatic rings. The highest BCUT2D eigenvalue weighted by Crippen LogP contribution is 2.31. The van der Waals surface area contributed by atoms with E-state index in [0.717, 1.165) is 32.1 Å². The molecule has 3 rings (SSSR count). The SMILES string of the molecule is CC1CN(C(=O)NCCC2CCS(=O)(=O)CC2)CC2(CCOCC2)O1. The van der Waals surface area contributed by atoms with E-state index in [4.69, 9.17) is 9.47 Å². The molecule has 0 aromatic heterocycles. The second-order valence-corrected chi connectivity index (χ2v) is 10.0. The van der Waals surface area contributed by atoms with Crippen LogP contribution in [0.1, 0.15) is 39.0 Å². The van der Waals surface area contributed by atoms with E-state index in [1.807, 2.05) is 11.8 Å². The molecule has 3 heterocycles. The van der Waals surface area contributed by atoms with Crippen LogP contribution in [0.3, 0.4) is 0 Å². The van der Waals surface area contributed by atoms with Gasteiger partial charge >= 0.3 is 6.03 Å². The third-order valence-corrected chi connectivity index (χ3v) is 7.32. The first-order valence-corrected chi connectivity index (χ1v) is 11.2. The number of hydrogen-bond acceptors (Lipinski definition) is 5. The number of urea groups is 1. The van der Waals surface area contributed by atoms with Gasteiger partial charge in [-0.3, -0.25) is 0 Å². The van der Waals surface area contributed by atoms with Gasteiger partial charge in [0.05, 0.1) is 29.8 Å². The highest BCUT2D eigenvalue weighted by atomic mass is 32.2. The predicted molar refractivity (Wildman–Crippen MR) is 94.3 cm³/mol. The van der Waals surface area contributed by atoms with Gasteiger partial charge in [0.15, 0.2) is 0 Å². The summed E-state index contributed by atoms with van der Waals surface area (Å²) in [6, 6.07) is -0.0375. The van der Waals surface area contributed by atoms with Gasteiger partial charge < -0.3 is 19.7 Å². The third-order valence-electron chi connectivity index (χ3n) is 5.60. The van der Waals surface area contributed by atoms with Crippen LogP contribution in [0, 0.1) is 5.92 Å². The molecule has 3 aliphatic heterocycles. The summed E-state index contributed by atoms with van der Waals surface area (Å²) in [7, 11) is -2.82. The van der Waals surface area contributed by atoms with Crippen LogP contribution in [0.2, 0.25) is 0 Å². The molecule has 144 valence electrons. The Kier molecular flexibility index (Phi) is 5.90. The first-order valence-electron chi connectivity index (χ1n) is 9.36. The standard InChI is InChI=1S/C17H30N2O5S/c1-14-12-19(13-17(24-14)5-8-23-9-6-17)16(20)18-7-2-15-3-10-25(21,22)11-4-15/h14-15H,2-13H2,1H3,(H,18,20). The van der Waals surface area contributed by atoms with Crippen LogP contribution in [-0.4, -0.2) is 75.4 Å². The number of morpholine rings is 1. The lowest BCUT2D eigenvalue weighted by molar-refractivity contribution is -0.175. The largest absolute Gasteiger partial charge is 0.381 e. The van der Waals surface area contributed by atoms with E-state index in [0.29, 0.717) is 38.8 Å². The number of amides is 2. The lowest BCUT2D eigenvalue weighted by atomic mass is 9.91. The van der Waals surface area contributed by atoms with E-state index >= 15 is 0 Å². The molecule has 1 spiro atoms. The molecule has 1 unspecified atom stereocenters. The Hall–Kier alpha value is -0.860. The lowest BCUT2D eigenvalue weighted by Crippen LogP contribution is -2.60. The molecule has 25 heavy (non-hydrogen) atoms. The van der Waals surface area contributed by atoms with Crippen LogP contribution < -0.4 is 5.32 Å². The Morgan fingerprint density at radius 2 is 1.92 bits per heavy atom. The van der Waals surface area contributed by atoms with Gasteiger partial charge in [0.25, 0.3) is 0 Å². The fourth-order valence-electron chi connectivity index (χ4n) is 4.12. The number of carbonyl (C=O) groups excluding carboxylic acids is 1. The Bertz CT molecular complexity index is 560. The minimum atomic E-state index is -2.82. The normalized spacial score (nSPS) is 29.5. The molecule has 1 atom stereocenters. The Morgan fingerprint density at radius 3 is 2.60 bits per heavy atom. The summed E-state index contributed by atoms with van der Waals surface area (Å²) in [6.07, 6.45) is 3.97. The van der Waals surface area contributed by atoms with Crippen LogP contribution in [0.4, 0.5) is 4.79 Å². The molecular formula is C17H30N2O5S. The number of rotatable bonds is 3. The molecule has 1 N–H and O–H groups in total. The van der Waals surface area contributed by atoms with Gasteiger partial charge in [-0.05, 0) is 32.1 Å². The number of ether oxygens (including phenoxy) is 2. The van der Waals surface area contributed by atoms with Gasteiger partial charge in [0.2, 0.25) is 0 Å². The molecule has 0 aromatic carbocycles. The molecule has 0 aliphatic carbocycles. The lowest BCUT2D eigenvalue weighted by Gasteiger charge is -2.47. The summed E-state index contributed by atoms with van der Waals surface area (Å²) in [4.78, 5) is 14.4. The van der Waals surface area contributed by atoms with E-state index in [1.54, 1.807) is 0 Å². The minimum Gasteiger partial charge on any atom is -0.381 e. The van der Waals surface area contributed by atoms with Crippen LogP contribution in [0.5, 0.6) is 0 Å². The van der Waals surface area contributed by atoms with Gasteiger partial charge in [-0.2, -0.15) is 0 Å².